The van der Waals surface area contributed by atoms with Crippen LogP contribution in [0, 0.1) is 18.7 Å². The van der Waals surface area contributed by atoms with E-state index in [0.717, 1.165) is 15.3 Å². The molecule has 96 valence electrons. The molecule has 0 aliphatic heterocycles. The Balaban J connectivity index is 2.38. The summed E-state index contributed by atoms with van der Waals surface area (Å²) in [5.41, 5.74) is 7.79. The molecule has 0 saturated heterocycles. The topological polar surface area (TPSA) is 26.0 Å². The molecular formula is C15H18FNS. The van der Waals surface area contributed by atoms with Crippen LogP contribution in [-0.2, 0) is 0 Å². The van der Waals surface area contributed by atoms with E-state index in [1.165, 1.54) is 6.07 Å². The first kappa shape index (κ1) is 13.2. The third kappa shape index (κ3) is 2.47. The largest absolute Gasteiger partial charge is 0.323 e. The first-order valence-corrected chi connectivity index (χ1v) is 6.93. The lowest BCUT2D eigenvalue weighted by atomic mass is 10.0. The number of hydrogen-bond acceptors (Lipinski definition) is 2. The van der Waals surface area contributed by atoms with Gasteiger partial charge < -0.3 is 5.73 Å². The number of nitrogens with two attached hydrogens (primary N) is 1. The van der Waals surface area contributed by atoms with Gasteiger partial charge in [0.2, 0.25) is 0 Å². The molecule has 0 amide bonds. The van der Waals surface area contributed by atoms with Crippen molar-refractivity contribution in [1.82, 2.24) is 0 Å². The van der Waals surface area contributed by atoms with E-state index >= 15 is 0 Å². The molecule has 1 atom stereocenters. The van der Waals surface area contributed by atoms with Crippen LogP contribution in [0.3, 0.4) is 0 Å². The highest BCUT2D eigenvalue weighted by Gasteiger charge is 2.14. The molecule has 0 saturated carbocycles. The summed E-state index contributed by atoms with van der Waals surface area (Å²) in [5.74, 6) is 0.251. The van der Waals surface area contributed by atoms with Crippen LogP contribution in [0.4, 0.5) is 4.39 Å². The van der Waals surface area contributed by atoms with Gasteiger partial charge >= 0.3 is 0 Å². The summed E-state index contributed by atoms with van der Waals surface area (Å²) in [4.78, 5) is 2.24. The molecule has 2 rings (SSSR count). The fraction of sp³-hybridized carbons (Fsp3) is 0.333. The van der Waals surface area contributed by atoms with Crippen LogP contribution in [-0.4, -0.2) is 0 Å². The van der Waals surface area contributed by atoms with Gasteiger partial charge in [-0.05, 0) is 42.2 Å². The Hall–Kier alpha value is -1.19. The molecular weight excluding hydrogens is 245 g/mol. The van der Waals surface area contributed by atoms with Crippen molar-refractivity contribution in [2.45, 2.75) is 26.8 Å². The van der Waals surface area contributed by atoms with Gasteiger partial charge in [0.1, 0.15) is 5.82 Å². The van der Waals surface area contributed by atoms with E-state index < -0.39 is 0 Å². The van der Waals surface area contributed by atoms with Gasteiger partial charge in [-0.15, -0.1) is 11.3 Å². The molecule has 2 aromatic rings. The van der Waals surface area contributed by atoms with Crippen molar-refractivity contribution < 1.29 is 4.39 Å². The second kappa shape index (κ2) is 5.21. The number of halogens is 1. The van der Waals surface area contributed by atoms with Crippen molar-refractivity contribution in [3.05, 3.63) is 46.6 Å². The van der Waals surface area contributed by atoms with E-state index in [0.29, 0.717) is 11.5 Å². The lowest BCUT2D eigenvalue weighted by Gasteiger charge is -2.13. The van der Waals surface area contributed by atoms with Gasteiger partial charge in [-0.1, -0.05) is 26.0 Å². The van der Waals surface area contributed by atoms with E-state index in [9.17, 15) is 4.39 Å². The minimum atomic E-state index is -0.157. The van der Waals surface area contributed by atoms with Crippen LogP contribution < -0.4 is 5.73 Å². The minimum absolute atomic E-state index is 0.0533. The predicted octanol–water partition coefficient (Wildman–Crippen LogP) is 4.52. The zero-order valence-corrected chi connectivity index (χ0v) is 11.7. The molecule has 0 aliphatic rings. The highest BCUT2D eigenvalue weighted by molar-refractivity contribution is 7.15. The lowest BCUT2D eigenvalue weighted by molar-refractivity contribution is 0.521. The molecule has 0 radical (unpaired) electrons. The third-order valence-electron chi connectivity index (χ3n) is 3.21. The van der Waals surface area contributed by atoms with Gasteiger partial charge in [0.15, 0.2) is 0 Å². The summed E-state index contributed by atoms with van der Waals surface area (Å²) in [7, 11) is 0. The van der Waals surface area contributed by atoms with Crippen LogP contribution >= 0.6 is 11.3 Å². The Bertz CT molecular complexity index is 545. The molecule has 1 aromatic carbocycles. The zero-order valence-electron chi connectivity index (χ0n) is 10.9. The summed E-state index contributed by atoms with van der Waals surface area (Å²) in [6, 6.07) is 9.33. The molecule has 1 unspecified atom stereocenters. The third-order valence-corrected chi connectivity index (χ3v) is 4.43. The molecule has 2 N–H and O–H groups in total. The molecule has 0 spiro atoms. The summed E-state index contributed by atoms with van der Waals surface area (Å²) in [6.07, 6.45) is 0. The maximum absolute atomic E-state index is 13.5. The van der Waals surface area contributed by atoms with Gasteiger partial charge in [0.25, 0.3) is 0 Å². The molecule has 0 fully saturated rings. The predicted molar refractivity (Wildman–Crippen MR) is 76.2 cm³/mol. The van der Waals surface area contributed by atoms with Gasteiger partial charge in [0, 0.05) is 15.8 Å². The Labute approximate surface area is 111 Å². The van der Waals surface area contributed by atoms with E-state index in [4.69, 9.17) is 5.73 Å². The number of rotatable bonds is 3. The Morgan fingerprint density at radius 3 is 2.56 bits per heavy atom. The molecule has 0 bridgehead atoms. The Morgan fingerprint density at radius 1 is 1.17 bits per heavy atom. The molecule has 18 heavy (non-hydrogen) atoms. The van der Waals surface area contributed by atoms with Crippen molar-refractivity contribution in [3.63, 3.8) is 0 Å². The maximum atomic E-state index is 13.5. The van der Waals surface area contributed by atoms with Crippen LogP contribution in [0.25, 0.3) is 10.4 Å². The monoisotopic (exact) mass is 263 g/mol. The maximum Gasteiger partial charge on any atom is 0.126 e. The number of thiophene rings is 1. The molecule has 1 aromatic heterocycles. The summed E-state index contributed by atoms with van der Waals surface area (Å²) in [6.45, 7) is 6.03. The molecule has 0 aliphatic carbocycles. The summed E-state index contributed by atoms with van der Waals surface area (Å²) < 4.78 is 13.5. The van der Waals surface area contributed by atoms with Gasteiger partial charge in [-0.2, -0.15) is 0 Å². The fourth-order valence-corrected chi connectivity index (χ4v) is 3.15. The summed E-state index contributed by atoms with van der Waals surface area (Å²) in [5, 5.41) is 0. The van der Waals surface area contributed by atoms with Crippen molar-refractivity contribution in [3.8, 4) is 10.4 Å². The van der Waals surface area contributed by atoms with Crippen LogP contribution in [0.5, 0.6) is 0 Å². The Kier molecular flexibility index (Phi) is 3.83. The number of hydrogen-bond donors (Lipinski definition) is 1. The smallest absolute Gasteiger partial charge is 0.126 e. The van der Waals surface area contributed by atoms with E-state index in [1.54, 1.807) is 17.4 Å². The molecule has 1 heterocycles. The van der Waals surface area contributed by atoms with E-state index in [2.05, 4.69) is 19.9 Å². The highest BCUT2D eigenvalue weighted by atomic mass is 32.1. The molecule has 3 heteroatoms. The van der Waals surface area contributed by atoms with Crippen molar-refractivity contribution in [2.24, 2.45) is 11.7 Å². The minimum Gasteiger partial charge on any atom is -0.323 e. The lowest BCUT2D eigenvalue weighted by Crippen LogP contribution is -2.14. The van der Waals surface area contributed by atoms with E-state index in [-0.39, 0.29) is 11.9 Å². The van der Waals surface area contributed by atoms with Crippen LogP contribution in [0.2, 0.25) is 0 Å². The average Bonchev–Trinajstić information content (AvgIpc) is 2.80. The fourth-order valence-electron chi connectivity index (χ4n) is 1.88. The second-order valence-corrected chi connectivity index (χ2v) is 6.00. The summed E-state index contributed by atoms with van der Waals surface area (Å²) >= 11 is 1.65. The SMILES string of the molecule is Cc1c(F)cccc1-c1ccc(C(N)C(C)C)s1. The standard InChI is InChI=1S/C15H18FNS/c1-9(2)15(17)14-8-7-13(18-14)11-5-4-6-12(16)10(11)3/h4-9,15H,17H2,1-3H3. The number of benzene rings is 1. The van der Waals surface area contributed by atoms with Crippen molar-refractivity contribution in [2.75, 3.05) is 0 Å². The zero-order chi connectivity index (χ0) is 13.3. The first-order chi connectivity index (χ1) is 8.50. The van der Waals surface area contributed by atoms with E-state index in [1.807, 2.05) is 19.1 Å². The average molecular weight is 263 g/mol. The van der Waals surface area contributed by atoms with Gasteiger partial charge in [0.05, 0.1) is 0 Å². The van der Waals surface area contributed by atoms with Crippen LogP contribution in [0.15, 0.2) is 30.3 Å². The normalized spacial score (nSPS) is 13.0. The van der Waals surface area contributed by atoms with Crippen LogP contribution in [0.1, 0.15) is 30.3 Å². The first-order valence-electron chi connectivity index (χ1n) is 6.11. The Morgan fingerprint density at radius 2 is 1.89 bits per heavy atom. The second-order valence-electron chi connectivity index (χ2n) is 4.88. The van der Waals surface area contributed by atoms with Gasteiger partial charge in [-0.25, -0.2) is 4.39 Å². The molecule has 1 nitrogen and oxygen atoms in total. The quantitative estimate of drug-likeness (QED) is 0.865. The van der Waals surface area contributed by atoms with Crippen molar-refractivity contribution >= 4 is 11.3 Å². The van der Waals surface area contributed by atoms with Gasteiger partial charge in [-0.3, -0.25) is 0 Å². The van der Waals surface area contributed by atoms with Crippen molar-refractivity contribution in [1.29, 1.82) is 0 Å². The highest BCUT2D eigenvalue weighted by Crippen LogP contribution is 2.35.